The Morgan fingerprint density at radius 1 is 1.08 bits per heavy atom. The molecule has 4 rings (SSSR count). The molecule has 0 saturated carbocycles. The zero-order valence-corrected chi connectivity index (χ0v) is 21.5. The fraction of sp³-hybridized carbons (Fsp3) is 0.240. The number of nitro benzene ring substituents is 1. The molecule has 0 radical (unpaired) electrons. The van der Waals surface area contributed by atoms with Crippen LogP contribution in [0.4, 0.5) is 16.4 Å². The van der Waals surface area contributed by atoms with Crippen molar-refractivity contribution in [2.75, 3.05) is 7.05 Å². The summed E-state index contributed by atoms with van der Waals surface area (Å²) in [4.78, 5) is 48.5. The molecule has 4 aromatic rings. The number of imidazole rings is 1. The minimum absolute atomic E-state index is 0.0458. The SMILES string of the molecule is CN(/N=N/c1nc(OCc2ccccc2)c2ncn(C(=O)OC(C)(C)C)c2n1)C(=O)c1ccc([N+](=O)[O-])cc1. The first-order valence-electron chi connectivity index (χ1n) is 11.6. The minimum Gasteiger partial charge on any atom is -0.471 e. The van der Waals surface area contributed by atoms with Gasteiger partial charge in [-0.1, -0.05) is 40.7 Å². The molecular weight excluding hydrogens is 508 g/mol. The molecule has 0 fully saturated rings. The van der Waals surface area contributed by atoms with Gasteiger partial charge in [-0.05, 0) is 38.5 Å². The van der Waals surface area contributed by atoms with Gasteiger partial charge < -0.3 is 9.47 Å². The summed E-state index contributed by atoms with van der Waals surface area (Å²) in [6.45, 7) is 5.34. The number of aromatic nitrogens is 4. The predicted octanol–water partition coefficient (Wildman–Crippen LogP) is 4.87. The highest BCUT2D eigenvalue weighted by atomic mass is 16.6. The molecule has 0 N–H and O–H groups in total. The van der Waals surface area contributed by atoms with E-state index in [9.17, 15) is 19.7 Å². The molecule has 0 atom stereocenters. The zero-order valence-electron chi connectivity index (χ0n) is 21.5. The third kappa shape index (κ3) is 6.54. The number of ether oxygens (including phenoxy) is 2. The Balaban J connectivity index is 1.64. The van der Waals surface area contributed by atoms with Gasteiger partial charge in [-0.15, -0.1) is 0 Å². The van der Waals surface area contributed by atoms with Crippen molar-refractivity contribution in [3.05, 3.63) is 82.2 Å². The number of hydrogen-bond acceptors (Lipinski definition) is 11. The Morgan fingerprint density at radius 2 is 1.77 bits per heavy atom. The van der Waals surface area contributed by atoms with Crippen LogP contribution in [-0.4, -0.2) is 54.1 Å². The molecule has 0 saturated heterocycles. The van der Waals surface area contributed by atoms with Crippen LogP contribution in [0, 0.1) is 10.1 Å². The van der Waals surface area contributed by atoms with Crippen molar-refractivity contribution >= 4 is 34.8 Å². The molecule has 2 heterocycles. The van der Waals surface area contributed by atoms with Crippen LogP contribution in [-0.2, 0) is 11.3 Å². The summed E-state index contributed by atoms with van der Waals surface area (Å²) in [6, 6.07) is 14.4. The molecule has 14 heteroatoms. The number of rotatable bonds is 7. The van der Waals surface area contributed by atoms with Gasteiger partial charge >= 0.3 is 6.09 Å². The van der Waals surface area contributed by atoms with Crippen LogP contribution in [0.25, 0.3) is 11.2 Å². The van der Waals surface area contributed by atoms with Crippen LogP contribution < -0.4 is 4.74 Å². The van der Waals surface area contributed by atoms with E-state index >= 15 is 0 Å². The van der Waals surface area contributed by atoms with Crippen LogP contribution in [0.1, 0.15) is 36.7 Å². The summed E-state index contributed by atoms with van der Waals surface area (Å²) in [7, 11) is 1.35. The lowest BCUT2D eigenvalue weighted by Gasteiger charge is -2.19. The number of benzene rings is 2. The van der Waals surface area contributed by atoms with Gasteiger partial charge in [0.05, 0.1) is 4.92 Å². The average molecular weight is 533 g/mol. The van der Waals surface area contributed by atoms with Crippen LogP contribution in [0.15, 0.2) is 71.3 Å². The van der Waals surface area contributed by atoms with E-state index < -0.39 is 22.5 Å². The van der Waals surface area contributed by atoms with E-state index in [2.05, 4.69) is 25.3 Å². The van der Waals surface area contributed by atoms with E-state index in [0.29, 0.717) is 0 Å². The fourth-order valence-corrected chi connectivity index (χ4v) is 3.24. The molecule has 0 aliphatic carbocycles. The molecule has 0 bridgehead atoms. The van der Waals surface area contributed by atoms with Crippen molar-refractivity contribution in [1.82, 2.24) is 24.5 Å². The fourth-order valence-electron chi connectivity index (χ4n) is 3.24. The van der Waals surface area contributed by atoms with Crippen LogP contribution in [0.3, 0.4) is 0 Å². The van der Waals surface area contributed by atoms with Crippen molar-refractivity contribution in [3.63, 3.8) is 0 Å². The number of nitrogens with zero attached hydrogens (tertiary/aromatic N) is 8. The quantitative estimate of drug-likeness (QED) is 0.183. The number of hydrogen-bond donors (Lipinski definition) is 0. The van der Waals surface area contributed by atoms with Gasteiger partial charge in [-0.3, -0.25) is 14.9 Å². The van der Waals surface area contributed by atoms with Gasteiger partial charge in [-0.25, -0.2) is 19.4 Å². The summed E-state index contributed by atoms with van der Waals surface area (Å²) < 4.78 is 12.4. The number of nitro groups is 1. The molecule has 14 nitrogen and oxygen atoms in total. The lowest BCUT2D eigenvalue weighted by Crippen LogP contribution is -2.26. The van der Waals surface area contributed by atoms with Crippen molar-refractivity contribution in [3.8, 4) is 5.88 Å². The lowest BCUT2D eigenvalue weighted by molar-refractivity contribution is -0.384. The van der Waals surface area contributed by atoms with Gasteiger partial charge in [0.2, 0.25) is 5.88 Å². The number of non-ortho nitro benzene ring substituents is 1. The second kappa shape index (κ2) is 11.0. The Morgan fingerprint density at radius 3 is 2.41 bits per heavy atom. The summed E-state index contributed by atoms with van der Waals surface area (Å²) >= 11 is 0. The number of carbonyl (C=O) groups is 2. The molecule has 1 amide bonds. The van der Waals surface area contributed by atoms with Crippen LogP contribution >= 0.6 is 0 Å². The highest BCUT2D eigenvalue weighted by molar-refractivity contribution is 5.94. The molecule has 0 aliphatic rings. The first-order valence-corrected chi connectivity index (χ1v) is 11.6. The molecule has 200 valence electrons. The highest BCUT2D eigenvalue weighted by Gasteiger charge is 2.23. The normalized spacial score (nSPS) is 11.5. The van der Waals surface area contributed by atoms with Crippen molar-refractivity contribution in [2.45, 2.75) is 33.0 Å². The van der Waals surface area contributed by atoms with E-state index in [1.165, 1.54) is 37.6 Å². The maximum atomic E-state index is 12.8. The Hall–Kier alpha value is -5.27. The van der Waals surface area contributed by atoms with Crippen LogP contribution in [0.5, 0.6) is 5.88 Å². The van der Waals surface area contributed by atoms with Crippen molar-refractivity contribution in [2.24, 2.45) is 10.3 Å². The molecular formula is C25H24N8O6. The van der Waals surface area contributed by atoms with E-state index in [4.69, 9.17) is 9.47 Å². The van der Waals surface area contributed by atoms with Crippen LogP contribution in [0.2, 0.25) is 0 Å². The Labute approximate surface area is 222 Å². The molecule has 2 aromatic carbocycles. The minimum atomic E-state index is -0.767. The summed E-state index contributed by atoms with van der Waals surface area (Å²) in [5, 5.41) is 19.6. The van der Waals surface area contributed by atoms with E-state index in [1.807, 2.05) is 30.3 Å². The van der Waals surface area contributed by atoms with Gasteiger partial charge in [0.25, 0.3) is 17.5 Å². The third-order valence-corrected chi connectivity index (χ3v) is 5.05. The second-order valence-electron chi connectivity index (χ2n) is 9.19. The second-order valence-corrected chi connectivity index (χ2v) is 9.19. The first-order chi connectivity index (χ1) is 18.5. The van der Waals surface area contributed by atoms with Crippen molar-refractivity contribution in [1.29, 1.82) is 0 Å². The number of amides is 1. The van der Waals surface area contributed by atoms with Gasteiger partial charge in [0, 0.05) is 24.7 Å². The van der Waals surface area contributed by atoms with E-state index in [0.717, 1.165) is 15.1 Å². The standard InChI is InChI=1S/C25H24N8O6/c1-25(2,3)39-24(35)32-15-26-19-20(32)27-23(28-21(19)38-14-16-8-6-5-7-9-16)29-30-31(4)22(34)17-10-12-18(13-11-17)33(36)37/h5-13,15H,14H2,1-4H3/b30-29+. The summed E-state index contributed by atoms with van der Waals surface area (Å²) in [5.41, 5.74) is 0.381. The summed E-state index contributed by atoms with van der Waals surface area (Å²) in [5.74, 6) is -0.738. The zero-order chi connectivity index (χ0) is 28.2. The predicted molar refractivity (Wildman–Crippen MR) is 137 cm³/mol. The summed E-state index contributed by atoms with van der Waals surface area (Å²) in [6.07, 6.45) is 0.527. The van der Waals surface area contributed by atoms with Gasteiger partial charge in [-0.2, -0.15) is 9.97 Å². The largest absolute Gasteiger partial charge is 0.471 e. The van der Waals surface area contributed by atoms with Gasteiger partial charge in [0.15, 0.2) is 11.2 Å². The highest BCUT2D eigenvalue weighted by Crippen LogP contribution is 2.26. The maximum Gasteiger partial charge on any atom is 0.421 e. The Kier molecular flexibility index (Phi) is 7.56. The molecule has 0 aliphatic heterocycles. The first kappa shape index (κ1) is 26.8. The maximum absolute atomic E-state index is 12.8. The van der Waals surface area contributed by atoms with E-state index in [1.54, 1.807) is 20.8 Å². The topological polar surface area (TPSA) is 167 Å². The average Bonchev–Trinajstić information content (AvgIpc) is 3.34. The number of fused-ring (bicyclic) bond motifs is 1. The molecule has 39 heavy (non-hydrogen) atoms. The van der Waals surface area contributed by atoms with E-state index in [-0.39, 0.29) is 40.8 Å². The molecule has 0 unspecified atom stereocenters. The third-order valence-electron chi connectivity index (χ3n) is 5.05. The number of carbonyl (C=O) groups excluding carboxylic acids is 2. The molecule has 2 aromatic heterocycles. The van der Waals surface area contributed by atoms with Crippen molar-refractivity contribution < 1.29 is 24.0 Å². The smallest absolute Gasteiger partial charge is 0.421 e. The van der Waals surface area contributed by atoms with Gasteiger partial charge in [0.1, 0.15) is 18.5 Å². The monoisotopic (exact) mass is 532 g/mol. The molecule has 0 spiro atoms. The lowest BCUT2D eigenvalue weighted by atomic mass is 10.2. The Bertz CT molecular complexity index is 1540.